The monoisotopic (exact) mass is 440 g/mol. The first-order valence-corrected chi connectivity index (χ1v) is 9.23. The molecule has 27 heavy (non-hydrogen) atoms. The molecule has 3 amide bonds. The lowest BCUT2D eigenvalue weighted by atomic mass is 9.80. The van der Waals surface area contributed by atoms with Crippen molar-refractivity contribution >= 4 is 44.6 Å². The number of Topliss-reactive ketones (excluding diaryl/α,β-unsaturated/α-hetero) is 1. The fourth-order valence-corrected chi connectivity index (χ4v) is 3.95. The Bertz CT molecular complexity index is 961. The molecule has 1 spiro atoms. The van der Waals surface area contributed by atoms with Gasteiger partial charge in [-0.05, 0) is 37.1 Å². The predicted molar refractivity (Wildman–Crippen MR) is 94.6 cm³/mol. The van der Waals surface area contributed by atoms with Crippen molar-refractivity contribution in [1.82, 2.24) is 10.2 Å². The average Bonchev–Trinajstić information content (AvgIpc) is 3.12. The number of imide groups is 1. The van der Waals surface area contributed by atoms with Gasteiger partial charge in [0.05, 0.1) is 6.54 Å². The lowest BCUT2D eigenvalue weighted by Crippen LogP contribution is -2.51. The third-order valence-corrected chi connectivity index (χ3v) is 5.63. The summed E-state index contributed by atoms with van der Waals surface area (Å²) < 4.78 is 33.1. The van der Waals surface area contributed by atoms with Gasteiger partial charge >= 0.3 is 6.03 Å². The van der Waals surface area contributed by atoms with Gasteiger partial charge in [-0.25, -0.2) is 13.6 Å². The number of rotatable bonds is 3. The molecule has 4 rings (SSSR count). The van der Waals surface area contributed by atoms with Crippen LogP contribution in [-0.2, 0) is 4.79 Å². The molecule has 2 fully saturated rings. The van der Waals surface area contributed by atoms with Crippen LogP contribution in [0.2, 0.25) is 0 Å². The molecule has 2 aliphatic rings. The first-order valence-electron chi connectivity index (χ1n) is 8.43. The second kappa shape index (κ2) is 6.12. The predicted octanol–water partition coefficient (Wildman–Crippen LogP) is 3.88. The minimum atomic E-state index is -2.83. The molecular weight excluding hydrogens is 426 g/mol. The standard InChI is InChI=1S/C18H15BrF2N2O4/c19-11-1-2-13-10(7-11)8-14(27-13)12(24)9-23-15(25)17(22-16(23)26)3-5-18(20,21)6-4-17/h1-2,7-8H,3-6,9H2,(H,22,26). The summed E-state index contributed by atoms with van der Waals surface area (Å²) in [5.74, 6) is -3.97. The molecule has 9 heteroatoms. The summed E-state index contributed by atoms with van der Waals surface area (Å²) in [6.07, 6.45) is -1.24. The summed E-state index contributed by atoms with van der Waals surface area (Å²) in [6.45, 7) is -0.496. The summed E-state index contributed by atoms with van der Waals surface area (Å²) in [6, 6.07) is 6.04. The summed E-state index contributed by atoms with van der Waals surface area (Å²) in [5, 5.41) is 3.22. The number of ketones is 1. The normalized spacial score (nSPS) is 21.1. The fraction of sp³-hybridized carbons (Fsp3) is 0.389. The summed E-state index contributed by atoms with van der Waals surface area (Å²) >= 11 is 3.33. The molecule has 142 valence electrons. The van der Waals surface area contributed by atoms with Crippen LogP contribution in [0.3, 0.4) is 0 Å². The number of fused-ring (bicyclic) bond motifs is 1. The Labute approximate surface area is 161 Å². The number of urea groups is 1. The number of nitrogens with one attached hydrogen (secondary N) is 1. The molecule has 1 aliphatic carbocycles. The van der Waals surface area contributed by atoms with Crippen LogP contribution >= 0.6 is 15.9 Å². The Morgan fingerprint density at radius 1 is 1.19 bits per heavy atom. The van der Waals surface area contributed by atoms with Gasteiger partial charge in [0, 0.05) is 22.7 Å². The maximum atomic E-state index is 13.4. The van der Waals surface area contributed by atoms with Crippen molar-refractivity contribution in [2.24, 2.45) is 0 Å². The number of alkyl halides is 2. The van der Waals surface area contributed by atoms with E-state index in [1.807, 2.05) is 0 Å². The van der Waals surface area contributed by atoms with Gasteiger partial charge in [-0.15, -0.1) is 0 Å². The van der Waals surface area contributed by atoms with Crippen molar-refractivity contribution < 1.29 is 27.6 Å². The Morgan fingerprint density at radius 3 is 2.59 bits per heavy atom. The second-order valence-corrected chi connectivity index (χ2v) is 7.89. The molecule has 0 radical (unpaired) electrons. The lowest BCUT2D eigenvalue weighted by Gasteiger charge is -2.34. The van der Waals surface area contributed by atoms with Gasteiger partial charge in [0.15, 0.2) is 5.76 Å². The minimum absolute atomic E-state index is 0.0276. The lowest BCUT2D eigenvalue weighted by molar-refractivity contribution is -0.135. The average molecular weight is 441 g/mol. The van der Waals surface area contributed by atoms with Crippen LogP contribution in [0.5, 0.6) is 0 Å². The quantitative estimate of drug-likeness (QED) is 0.580. The molecule has 2 aromatic rings. The Balaban J connectivity index is 1.52. The van der Waals surface area contributed by atoms with Crippen molar-refractivity contribution in [2.75, 3.05) is 6.54 Å². The van der Waals surface area contributed by atoms with Gasteiger partial charge < -0.3 is 9.73 Å². The maximum absolute atomic E-state index is 13.4. The van der Waals surface area contributed by atoms with Gasteiger partial charge in [-0.3, -0.25) is 14.5 Å². The van der Waals surface area contributed by atoms with Gasteiger partial charge in [0.2, 0.25) is 11.7 Å². The number of hydrogen-bond donors (Lipinski definition) is 1. The molecule has 0 atom stereocenters. The van der Waals surface area contributed by atoms with Crippen LogP contribution in [0, 0.1) is 0 Å². The molecule has 1 aromatic heterocycles. The van der Waals surface area contributed by atoms with Crippen molar-refractivity contribution in [2.45, 2.75) is 37.1 Å². The van der Waals surface area contributed by atoms with Gasteiger partial charge in [0.25, 0.3) is 5.91 Å². The van der Waals surface area contributed by atoms with E-state index in [1.54, 1.807) is 18.2 Å². The molecule has 0 unspecified atom stereocenters. The smallest absolute Gasteiger partial charge is 0.325 e. The van der Waals surface area contributed by atoms with Crippen molar-refractivity contribution in [3.8, 4) is 0 Å². The first-order chi connectivity index (χ1) is 12.7. The highest BCUT2D eigenvalue weighted by atomic mass is 79.9. The summed E-state index contributed by atoms with van der Waals surface area (Å²) in [5.41, 5.74) is -0.831. The highest BCUT2D eigenvalue weighted by molar-refractivity contribution is 9.10. The molecule has 6 nitrogen and oxygen atoms in total. The van der Waals surface area contributed by atoms with Gasteiger partial charge in [-0.2, -0.15) is 0 Å². The van der Waals surface area contributed by atoms with Gasteiger partial charge in [-0.1, -0.05) is 15.9 Å². The van der Waals surface area contributed by atoms with E-state index in [0.29, 0.717) is 11.0 Å². The number of halogens is 3. The maximum Gasteiger partial charge on any atom is 0.325 e. The number of carbonyl (C=O) groups excluding carboxylic acids is 3. The van der Waals surface area contributed by atoms with E-state index in [2.05, 4.69) is 21.2 Å². The Morgan fingerprint density at radius 2 is 1.89 bits per heavy atom. The van der Waals surface area contributed by atoms with E-state index in [4.69, 9.17) is 4.42 Å². The fourth-order valence-electron chi connectivity index (χ4n) is 3.57. The van der Waals surface area contributed by atoms with Crippen molar-refractivity contribution in [3.05, 3.63) is 34.5 Å². The van der Waals surface area contributed by atoms with E-state index in [0.717, 1.165) is 9.37 Å². The summed E-state index contributed by atoms with van der Waals surface area (Å²) in [4.78, 5) is 38.2. The molecular formula is C18H15BrF2N2O4. The number of benzene rings is 1. The van der Waals surface area contributed by atoms with Crippen LogP contribution in [0.1, 0.15) is 36.2 Å². The molecule has 0 bridgehead atoms. The highest BCUT2D eigenvalue weighted by Crippen LogP contribution is 2.41. The van der Waals surface area contributed by atoms with Gasteiger partial charge in [0.1, 0.15) is 11.1 Å². The first kappa shape index (κ1) is 18.1. The number of amides is 3. The molecule has 2 heterocycles. The van der Waals surface area contributed by atoms with Crippen LogP contribution in [0.25, 0.3) is 11.0 Å². The second-order valence-electron chi connectivity index (χ2n) is 6.98. The number of hydrogen-bond acceptors (Lipinski definition) is 4. The zero-order chi connectivity index (χ0) is 19.4. The zero-order valence-corrected chi connectivity index (χ0v) is 15.6. The molecule has 1 aromatic carbocycles. The highest BCUT2D eigenvalue weighted by Gasteiger charge is 2.55. The molecule has 1 aliphatic heterocycles. The van der Waals surface area contributed by atoms with Crippen LogP contribution in [-0.4, -0.2) is 40.6 Å². The summed E-state index contributed by atoms with van der Waals surface area (Å²) in [7, 11) is 0. The Kier molecular flexibility index (Phi) is 4.10. The largest absolute Gasteiger partial charge is 0.453 e. The van der Waals surface area contributed by atoms with E-state index >= 15 is 0 Å². The number of carbonyl (C=O) groups is 3. The van der Waals surface area contributed by atoms with Crippen molar-refractivity contribution in [1.29, 1.82) is 0 Å². The minimum Gasteiger partial charge on any atom is -0.453 e. The van der Waals surface area contributed by atoms with E-state index in [9.17, 15) is 23.2 Å². The van der Waals surface area contributed by atoms with Crippen LogP contribution < -0.4 is 5.32 Å². The van der Waals surface area contributed by atoms with Crippen LogP contribution in [0.4, 0.5) is 13.6 Å². The van der Waals surface area contributed by atoms with E-state index < -0.39 is 48.6 Å². The number of nitrogens with zero attached hydrogens (tertiary/aromatic N) is 1. The number of furan rings is 1. The molecule has 1 saturated heterocycles. The zero-order valence-electron chi connectivity index (χ0n) is 14.1. The van der Waals surface area contributed by atoms with E-state index in [-0.39, 0.29) is 18.6 Å². The third kappa shape index (κ3) is 3.13. The Hall–Kier alpha value is -2.29. The SMILES string of the molecule is O=C(CN1C(=O)NC2(CCC(F)(F)CC2)C1=O)c1cc2cc(Br)ccc2o1. The van der Waals surface area contributed by atoms with Crippen LogP contribution in [0.15, 0.2) is 33.2 Å². The third-order valence-electron chi connectivity index (χ3n) is 5.14. The molecule has 1 saturated carbocycles. The van der Waals surface area contributed by atoms with E-state index in [1.165, 1.54) is 6.07 Å². The molecule has 1 N–H and O–H groups in total. The topological polar surface area (TPSA) is 79.6 Å². The van der Waals surface area contributed by atoms with Crippen molar-refractivity contribution in [3.63, 3.8) is 0 Å².